The van der Waals surface area contributed by atoms with Gasteiger partial charge in [0, 0.05) is 18.8 Å². The van der Waals surface area contributed by atoms with Crippen molar-refractivity contribution in [1.82, 2.24) is 5.32 Å². The Labute approximate surface area is 67.4 Å². The molecule has 0 aliphatic carbocycles. The standard InChI is InChI=1S/C8H15N3/c1-7(9)5-8-6-10-3-2-4-11-8/h5,10H,2-4,6,9H2,1H3/b7-5-. The van der Waals surface area contributed by atoms with Crippen LogP contribution in [0.2, 0.25) is 0 Å². The number of nitrogens with one attached hydrogen (secondary N) is 1. The number of hydrogen-bond donors (Lipinski definition) is 2. The molecule has 0 saturated carbocycles. The lowest BCUT2D eigenvalue weighted by molar-refractivity contribution is 0.735. The van der Waals surface area contributed by atoms with Crippen molar-refractivity contribution in [3.8, 4) is 0 Å². The smallest absolute Gasteiger partial charge is 0.0503 e. The summed E-state index contributed by atoms with van der Waals surface area (Å²) in [5.74, 6) is 0. The van der Waals surface area contributed by atoms with Crippen molar-refractivity contribution in [2.45, 2.75) is 13.3 Å². The molecule has 0 atom stereocenters. The maximum absolute atomic E-state index is 5.53. The summed E-state index contributed by atoms with van der Waals surface area (Å²) in [7, 11) is 0. The Morgan fingerprint density at radius 1 is 1.73 bits per heavy atom. The molecule has 0 fully saturated rings. The minimum atomic E-state index is 0.826. The molecule has 0 unspecified atom stereocenters. The van der Waals surface area contributed by atoms with Crippen molar-refractivity contribution in [1.29, 1.82) is 0 Å². The van der Waals surface area contributed by atoms with E-state index in [0.717, 1.165) is 37.5 Å². The van der Waals surface area contributed by atoms with Gasteiger partial charge in [-0.2, -0.15) is 0 Å². The van der Waals surface area contributed by atoms with Gasteiger partial charge >= 0.3 is 0 Å². The minimum Gasteiger partial charge on any atom is -0.402 e. The van der Waals surface area contributed by atoms with Crippen LogP contribution in [0.15, 0.2) is 16.8 Å². The highest BCUT2D eigenvalue weighted by Crippen LogP contribution is 1.92. The summed E-state index contributed by atoms with van der Waals surface area (Å²) in [6, 6.07) is 0. The molecule has 3 N–H and O–H groups in total. The number of hydrogen-bond acceptors (Lipinski definition) is 3. The maximum atomic E-state index is 5.53. The summed E-state index contributed by atoms with van der Waals surface area (Å²) in [6.07, 6.45) is 3.05. The molecule has 0 aromatic heterocycles. The Morgan fingerprint density at radius 3 is 3.27 bits per heavy atom. The van der Waals surface area contributed by atoms with Gasteiger partial charge in [-0.05, 0) is 26.0 Å². The van der Waals surface area contributed by atoms with Crippen LogP contribution in [0.5, 0.6) is 0 Å². The van der Waals surface area contributed by atoms with Crippen LogP contribution in [-0.4, -0.2) is 25.3 Å². The SMILES string of the molecule is C/C(N)=C/C1=NCCCNC1. The Morgan fingerprint density at radius 2 is 2.55 bits per heavy atom. The number of nitrogens with two attached hydrogens (primary N) is 1. The molecular weight excluding hydrogens is 138 g/mol. The molecule has 1 aliphatic heterocycles. The summed E-state index contributed by atoms with van der Waals surface area (Å²) in [4.78, 5) is 4.36. The zero-order valence-corrected chi connectivity index (χ0v) is 6.93. The van der Waals surface area contributed by atoms with Gasteiger partial charge in [-0.15, -0.1) is 0 Å². The van der Waals surface area contributed by atoms with E-state index >= 15 is 0 Å². The first-order valence-electron chi connectivity index (χ1n) is 3.97. The predicted molar refractivity (Wildman–Crippen MR) is 47.7 cm³/mol. The molecule has 1 heterocycles. The van der Waals surface area contributed by atoms with Gasteiger partial charge in [0.15, 0.2) is 0 Å². The fourth-order valence-corrected chi connectivity index (χ4v) is 1.06. The third-order valence-corrected chi connectivity index (χ3v) is 1.53. The van der Waals surface area contributed by atoms with Gasteiger partial charge in [0.25, 0.3) is 0 Å². The van der Waals surface area contributed by atoms with E-state index in [0.29, 0.717) is 0 Å². The van der Waals surface area contributed by atoms with Gasteiger partial charge in [-0.1, -0.05) is 0 Å². The monoisotopic (exact) mass is 153 g/mol. The van der Waals surface area contributed by atoms with Crippen LogP contribution in [0.3, 0.4) is 0 Å². The molecule has 0 saturated heterocycles. The van der Waals surface area contributed by atoms with E-state index in [1.165, 1.54) is 0 Å². The van der Waals surface area contributed by atoms with E-state index in [1.54, 1.807) is 0 Å². The molecule has 11 heavy (non-hydrogen) atoms. The van der Waals surface area contributed by atoms with Gasteiger partial charge in [-0.3, -0.25) is 4.99 Å². The molecule has 1 rings (SSSR count). The zero-order chi connectivity index (χ0) is 8.10. The highest BCUT2D eigenvalue weighted by molar-refractivity contribution is 5.97. The minimum absolute atomic E-state index is 0.826. The van der Waals surface area contributed by atoms with Crippen LogP contribution >= 0.6 is 0 Å². The van der Waals surface area contributed by atoms with E-state index in [-0.39, 0.29) is 0 Å². The first-order chi connectivity index (χ1) is 5.29. The first-order valence-corrected chi connectivity index (χ1v) is 3.97. The van der Waals surface area contributed by atoms with E-state index in [9.17, 15) is 0 Å². The highest BCUT2D eigenvalue weighted by atomic mass is 14.9. The molecule has 0 aromatic rings. The molecule has 3 nitrogen and oxygen atoms in total. The maximum Gasteiger partial charge on any atom is 0.0503 e. The van der Waals surface area contributed by atoms with Gasteiger partial charge in [-0.25, -0.2) is 0 Å². The lowest BCUT2D eigenvalue weighted by Gasteiger charge is -1.98. The number of allylic oxidation sites excluding steroid dienone is 1. The fourth-order valence-electron chi connectivity index (χ4n) is 1.06. The molecule has 0 amide bonds. The van der Waals surface area contributed by atoms with E-state index < -0.39 is 0 Å². The van der Waals surface area contributed by atoms with Crippen molar-refractivity contribution >= 4 is 5.71 Å². The molecule has 62 valence electrons. The van der Waals surface area contributed by atoms with Crippen LogP contribution in [0.25, 0.3) is 0 Å². The lowest BCUT2D eigenvalue weighted by Crippen LogP contribution is -2.21. The Balaban J connectivity index is 2.54. The molecular formula is C8H15N3. The van der Waals surface area contributed by atoms with Crippen LogP contribution < -0.4 is 11.1 Å². The third kappa shape index (κ3) is 3.18. The predicted octanol–water partition coefficient (Wildman–Crippen LogP) is 0.283. The molecule has 3 heteroatoms. The van der Waals surface area contributed by atoms with Crippen molar-refractivity contribution in [2.24, 2.45) is 10.7 Å². The van der Waals surface area contributed by atoms with Gasteiger partial charge in [0.2, 0.25) is 0 Å². The van der Waals surface area contributed by atoms with E-state index in [4.69, 9.17) is 5.73 Å². The summed E-state index contributed by atoms with van der Waals surface area (Å²) in [6.45, 7) is 4.72. The largest absolute Gasteiger partial charge is 0.402 e. The lowest BCUT2D eigenvalue weighted by atomic mass is 10.3. The quantitative estimate of drug-likeness (QED) is 0.568. The zero-order valence-electron chi connectivity index (χ0n) is 6.93. The van der Waals surface area contributed by atoms with Crippen molar-refractivity contribution in [3.05, 3.63) is 11.8 Å². The van der Waals surface area contributed by atoms with Crippen molar-refractivity contribution in [2.75, 3.05) is 19.6 Å². The normalized spacial score (nSPS) is 20.8. The summed E-state index contributed by atoms with van der Waals surface area (Å²) in [5.41, 5.74) is 7.42. The average molecular weight is 153 g/mol. The molecule has 0 radical (unpaired) electrons. The van der Waals surface area contributed by atoms with Crippen LogP contribution in [0.1, 0.15) is 13.3 Å². The van der Waals surface area contributed by atoms with Crippen molar-refractivity contribution < 1.29 is 0 Å². The second-order valence-corrected chi connectivity index (χ2v) is 2.79. The third-order valence-electron chi connectivity index (χ3n) is 1.53. The summed E-state index contributed by atoms with van der Waals surface area (Å²) in [5, 5.41) is 3.27. The molecule has 1 aliphatic rings. The van der Waals surface area contributed by atoms with Gasteiger partial charge < -0.3 is 11.1 Å². The van der Waals surface area contributed by atoms with E-state index in [2.05, 4.69) is 10.3 Å². The molecule has 0 aromatic carbocycles. The van der Waals surface area contributed by atoms with E-state index in [1.807, 2.05) is 13.0 Å². The van der Waals surface area contributed by atoms with Crippen LogP contribution in [0, 0.1) is 0 Å². The second-order valence-electron chi connectivity index (χ2n) is 2.79. The molecule has 0 bridgehead atoms. The Bertz CT molecular complexity index is 178. The highest BCUT2D eigenvalue weighted by Gasteiger charge is 1.99. The summed E-state index contributed by atoms with van der Waals surface area (Å²) >= 11 is 0. The van der Waals surface area contributed by atoms with Gasteiger partial charge in [0.1, 0.15) is 0 Å². The van der Waals surface area contributed by atoms with Crippen molar-refractivity contribution in [3.63, 3.8) is 0 Å². The second kappa shape index (κ2) is 4.13. The Hall–Kier alpha value is -0.830. The van der Waals surface area contributed by atoms with Crippen LogP contribution in [0.4, 0.5) is 0 Å². The van der Waals surface area contributed by atoms with Crippen LogP contribution in [-0.2, 0) is 0 Å². The Kier molecular flexibility index (Phi) is 3.11. The number of rotatable bonds is 1. The average Bonchev–Trinajstić information content (AvgIpc) is 2.14. The number of aliphatic imine (C=N–C) groups is 1. The summed E-state index contributed by atoms with van der Waals surface area (Å²) < 4.78 is 0. The fraction of sp³-hybridized carbons (Fsp3) is 0.625. The topological polar surface area (TPSA) is 50.4 Å². The number of nitrogens with zero attached hydrogens (tertiary/aromatic N) is 1. The molecule has 0 spiro atoms. The first kappa shape index (κ1) is 8.27. The van der Waals surface area contributed by atoms with Gasteiger partial charge in [0.05, 0.1) is 5.71 Å².